The first-order valence-corrected chi connectivity index (χ1v) is 13.3. The first kappa shape index (κ1) is 23.4. The average molecular weight is 481 g/mol. The summed E-state index contributed by atoms with van der Waals surface area (Å²) in [6, 6.07) is 17.1. The van der Waals surface area contributed by atoms with E-state index in [2.05, 4.69) is 10.8 Å². The Kier molecular flexibility index (Phi) is 6.29. The van der Waals surface area contributed by atoms with Gasteiger partial charge in [0.15, 0.2) is 0 Å². The second-order valence-corrected chi connectivity index (χ2v) is 11.4. The van der Waals surface area contributed by atoms with E-state index in [4.69, 9.17) is 0 Å². The normalized spacial score (nSPS) is 16.3. The molecule has 4 rings (SSSR count). The standard InChI is InChI=1S/C26H28N2O3S2/c1-16-9-10-23(18(3)11-16)28-24(29)15-32-26(28)21-7-6-8-22(14-21)27-33(30,31)25-19(4)12-17(2)13-20(25)5/h6-14,26-27H,15H2,1-5H3/t26-/m1/s1. The summed E-state index contributed by atoms with van der Waals surface area (Å²) in [5.74, 6) is 0.434. The van der Waals surface area contributed by atoms with E-state index in [0.717, 1.165) is 27.9 Å². The lowest BCUT2D eigenvalue weighted by Gasteiger charge is -2.26. The molecule has 1 heterocycles. The van der Waals surface area contributed by atoms with Gasteiger partial charge >= 0.3 is 0 Å². The van der Waals surface area contributed by atoms with Crippen molar-refractivity contribution in [3.8, 4) is 0 Å². The molecule has 1 fully saturated rings. The number of hydrogen-bond acceptors (Lipinski definition) is 4. The maximum absolute atomic E-state index is 13.2. The number of carbonyl (C=O) groups excluding carboxylic acids is 1. The Morgan fingerprint density at radius 1 is 0.879 bits per heavy atom. The Morgan fingerprint density at radius 2 is 1.55 bits per heavy atom. The molecule has 1 aliphatic heterocycles. The molecule has 1 saturated heterocycles. The summed E-state index contributed by atoms with van der Waals surface area (Å²) >= 11 is 1.55. The molecule has 0 saturated carbocycles. The number of amides is 1. The number of carbonyl (C=O) groups is 1. The Balaban J connectivity index is 1.67. The summed E-state index contributed by atoms with van der Waals surface area (Å²) in [6.07, 6.45) is 0. The minimum absolute atomic E-state index is 0.0499. The van der Waals surface area contributed by atoms with Gasteiger partial charge in [-0.2, -0.15) is 0 Å². The highest BCUT2D eigenvalue weighted by molar-refractivity contribution is 8.00. The van der Waals surface area contributed by atoms with Crippen LogP contribution in [-0.2, 0) is 14.8 Å². The predicted molar refractivity (Wildman–Crippen MR) is 137 cm³/mol. The summed E-state index contributed by atoms with van der Waals surface area (Å²) in [7, 11) is -3.76. The largest absolute Gasteiger partial charge is 0.295 e. The predicted octanol–water partition coefficient (Wildman–Crippen LogP) is 5.81. The maximum Gasteiger partial charge on any atom is 0.262 e. The van der Waals surface area contributed by atoms with Crippen molar-refractivity contribution in [1.82, 2.24) is 0 Å². The van der Waals surface area contributed by atoms with Gasteiger partial charge in [0, 0.05) is 11.4 Å². The van der Waals surface area contributed by atoms with Gasteiger partial charge in [0.05, 0.1) is 10.6 Å². The number of benzene rings is 3. The molecule has 172 valence electrons. The van der Waals surface area contributed by atoms with Crippen molar-refractivity contribution in [1.29, 1.82) is 0 Å². The molecule has 1 atom stereocenters. The Morgan fingerprint density at radius 3 is 2.21 bits per heavy atom. The fourth-order valence-electron chi connectivity index (χ4n) is 4.56. The molecule has 1 aliphatic rings. The molecule has 3 aromatic rings. The van der Waals surface area contributed by atoms with Gasteiger partial charge < -0.3 is 0 Å². The van der Waals surface area contributed by atoms with Gasteiger partial charge in [-0.3, -0.25) is 14.4 Å². The van der Waals surface area contributed by atoms with Crippen LogP contribution < -0.4 is 9.62 Å². The molecule has 0 aliphatic carbocycles. The van der Waals surface area contributed by atoms with Crippen molar-refractivity contribution in [3.05, 3.63) is 88.0 Å². The molecule has 0 unspecified atom stereocenters. The zero-order valence-corrected chi connectivity index (χ0v) is 21.1. The molecule has 0 bridgehead atoms. The summed E-state index contributed by atoms with van der Waals surface area (Å²) in [5.41, 5.74) is 6.89. The molecule has 7 heteroatoms. The van der Waals surface area contributed by atoms with Gasteiger partial charge in [-0.1, -0.05) is 47.5 Å². The molecule has 0 aromatic heterocycles. The van der Waals surface area contributed by atoms with E-state index < -0.39 is 10.0 Å². The molecular formula is C26H28N2O3S2. The number of nitrogens with zero attached hydrogens (tertiary/aromatic N) is 1. The van der Waals surface area contributed by atoms with Crippen LogP contribution in [-0.4, -0.2) is 20.1 Å². The van der Waals surface area contributed by atoms with Crippen LogP contribution in [0.15, 0.2) is 59.5 Å². The van der Waals surface area contributed by atoms with Crippen LogP contribution in [0.25, 0.3) is 0 Å². The Hall–Kier alpha value is -2.77. The Bertz CT molecular complexity index is 1330. The van der Waals surface area contributed by atoms with Crippen molar-refractivity contribution in [2.45, 2.75) is 44.9 Å². The fourth-order valence-corrected chi connectivity index (χ4v) is 7.22. The van der Waals surface area contributed by atoms with Gasteiger partial charge in [-0.15, -0.1) is 11.8 Å². The minimum atomic E-state index is -3.76. The molecule has 1 N–H and O–H groups in total. The van der Waals surface area contributed by atoms with Crippen LogP contribution in [0, 0.1) is 34.6 Å². The lowest BCUT2D eigenvalue weighted by molar-refractivity contribution is -0.115. The highest BCUT2D eigenvalue weighted by atomic mass is 32.2. The molecule has 33 heavy (non-hydrogen) atoms. The number of rotatable bonds is 5. The van der Waals surface area contributed by atoms with Gasteiger partial charge in [0.1, 0.15) is 5.37 Å². The molecule has 0 spiro atoms. The number of hydrogen-bond donors (Lipinski definition) is 1. The zero-order chi connectivity index (χ0) is 23.9. The average Bonchev–Trinajstić information content (AvgIpc) is 3.08. The van der Waals surface area contributed by atoms with E-state index in [1.807, 2.05) is 82.0 Å². The summed E-state index contributed by atoms with van der Waals surface area (Å²) in [6.45, 7) is 9.62. The number of thioether (sulfide) groups is 1. The summed E-state index contributed by atoms with van der Waals surface area (Å²) in [5, 5.41) is -0.216. The Labute approximate surface area is 200 Å². The molecule has 3 aromatic carbocycles. The number of anilines is 2. The number of sulfonamides is 1. The second-order valence-electron chi connectivity index (χ2n) is 8.68. The van der Waals surface area contributed by atoms with Crippen LogP contribution in [0.4, 0.5) is 11.4 Å². The molecule has 1 amide bonds. The van der Waals surface area contributed by atoms with E-state index in [-0.39, 0.29) is 11.3 Å². The van der Waals surface area contributed by atoms with E-state index in [1.54, 1.807) is 17.8 Å². The minimum Gasteiger partial charge on any atom is -0.295 e. The van der Waals surface area contributed by atoms with Crippen molar-refractivity contribution in [2.24, 2.45) is 0 Å². The molecule has 0 radical (unpaired) electrons. The highest BCUT2D eigenvalue weighted by Gasteiger charge is 2.35. The summed E-state index contributed by atoms with van der Waals surface area (Å²) in [4.78, 5) is 14.9. The van der Waals surface area contributed by atoms with E-state index in [1.165, 1.54) is 0 Å². The van der Waals surface area contributed by atoms with Gasteiger partial charge in [0.2, 0.25) is 5.91 Å². The number of nitrogens with one attached hydrogen (secondary N) is 1. The van der Waals surface area contributed by atoms with Crippen LogP contribution in [0.2, 0.25) is 0 Å². The van der Waals surface area contributed by atoms with Gasteiger partial charge in [0.25, 0.3) is 10.0 Å². The molecular weight excluding hydrogens is 452 g/mol. The third-order valence-electron chi connectivity index (χ3n) is 5.78. The van der Waals surface area contributed by atoms with E-state index in [9.17, 15) is 13.2 Å². The van der Waals surface area contributed by atoms with Crippen molar-refractivity contribution >= 4 is 39.1 Å². The second kappa shape index (κ2) is 8.88. The monoisotopic (exact) mass is 480 g/mol. The van der Waals surface area contributed by atoms with Crippen LogP contribution in [0.3, 0.4) is 0 Å². The fraction of sp³-hybridized carbons (Fsp3) is 0.269. The van der Waals surface area contributed by atoms with Crippen molar-refractivity contribution in [3.63, 3.8) is 0 Å². The highest BCUT2D eigenvalue weighted by Crippen LogP contribution is 2.43. The lowest BCUT2D eigenvalue weighted by atomic mass is 10.1. The number of aryl methyl sites for hydroxylation is 5. The van der Waals surface area contributed by atoms with Crippen LogP contribution in [0.5, 0.6) is 0 Å². The van der Waals surface area contributed by atoms with Crippen LogP contribution >= 0.6 is 11.8 Å². The first-order chi connectivity index (χ1) is 15.6. The lowest BCUT2D eigenvalue weighted by Crippen LogP contribution is -2.28. The third kappa shape index (κ3) is 4.66. The van der Waals surface area contributed by atoms with E-state index >= 15 is 0 Å². The molecule has 5 nitrogen and oxygen atoms in total. The van der Waals surface area contributed by atoms with Crippen molar-refractivity contribution in [2.75, 3.05) is 15.4 Å². The maximum atomic E-state index is 13.2. The van der Waals surface area contributed by atoms with Crippen LogP contribution in [0.1, 0.15) is 38.8 Å². The zero-order valence-electron chi connectivity index (χ0n) is 19.5. The van der Waals surface area contributed by atoms with Gasteiger partial charge in [-0.25, -0.2) is 8.42 Å². The third-order valence-corrected chi connectivity index (χ3v) is 8.68. The topological polar surface area (TPSA) is 66.5 Å². The smallest absolute Gasteiger partial charge is 0.262 e. The van der Waals surface area contributed by atoms with Crippen molar-refractivity contribution < 1.29 is 13.2 Å². The SMILES string of the molecule is Cc1ccc(N2C(=O)CS[C@@H]2c2cccc(NS(=O)(=O)c3c(C)cc(C)cc3C)c2)c(C)c1. The first-order valence-electron chi connectivity index (χ1n) is 10.8. The van der Waals surface area contributed by atoms with E-state index in [0.29, 0.717) is 27.5 Å². The summed E-state index contributed by atoms with van der Waals surface area (Å²) < 4.78 is 29.2. The quantitative estimate of drug-likeness (QED) is 0.501. The van der Waals surface area contributed by atoms with Gasteiger partial charge in [-0.05, 0) is 75.1 Å².